The van der Waals surface area contributed by atoms with Crippen LogP contribution in [0, 0.1) is 0 Å². The third-order valence-electron chi connectivity index (χ3n) is 5.56. The summed E-state index contributed by atoms with van der Waals surface area (Å²) in [7, 11) is 0. The van der Waals surface area contributed by atoms with Crippen LogP contribution in [-0.4, -0.2) is 34.6 Å². The zero-order chi connectivity index (χ0) is 25.9. The van der Waals surface area contributed by atoms with Crippen LogP contribution in [0.25, 0.3) is 0 Å². The molecule has 1 N–H and O–H groups in total. The Labute approximate surface area is 231 Å². The van der Waals surface area contributed by atoms with Gasteiger partial charge in [-0.05, 0) is 73.5 Å². The monoisotopic (exact) mass is 586 g/mol. The molecule has 0 aliphatic carbocycles. The minimum absolute atomic E-state index is 0.0191. The van der Waals surface area contributed by atoms with E-state index in [1.807, 2.05) is 92.7 Å². The molecule has 1 unspecified atom stereocenters. The largest absolute Gasteiger partial charge is 0.352 e. The number of thioether (sulfide) groups is 1. The summed E-state index contributed by atoms with van der Waals surface area (Å²) >= 11 is 11.2. The summed E-state index contributed by atoms with van der Waals surface area (Å²) < 4.78 is 0.943. The van der Waals surface area contributed by atoms with Gasteiger partial charge in [0.25, 0.3) is 0 Å². The smallest absolute Gasteiger partial charge is 0.243 e. The summed E-state index contributed by atoms with van der Waals surface area (Å²) in [6.45, 7) is 4.24. The predicted octanol–water partition coefficient (Wildman–Crippen LogP) is 7.14. The van der Waals surface area contributed by atoms with Crippen molar-refractivity contribution in [2.75, 3.05) is 5.75 Å². The fraction of sp³-hybridized carbons (Fsp3) is 0.310. The molecule has 0 radical (unpaired) electrons. The number of halogens is 2. The molecule has 0 fully saturated rings. The maximum absolute atomic E-state index is 13.6. The van der Waals surface area contributed by atoms with E-state index in [-0.39, 0.29) is 17.9 Å². The molecule has 0 aliphatic rings. The molecule has 4 nitrogen and oxygen atoms in total. The van der Waals surface area contributed by atoms with Crippen molar-refractivity contribution in [1.82, 2.24) is 10.2 Å². The van der Waals surface area contributed by atoms with E-state index in [0.717, 1.165) is 26.2 Å². The molecule has 3 aromatic rings. The Morgan fingerprint density at radius 2 is 1.67 bits per heavy atom. The van der Waals surface area contributed by atoms with E-state index >= 15 is 0 Å². The molecule has 0 bridgehead atoms. The van der Waals surface area contributed by atoms with Crippen LogP contribution in [0.15, 0.2) is 88.2 Å². The number of benzene rings is 3. The van der Waals surface area contributed by atoms with Gasteiger partial charge in [0, 0.05) is 39.8 Å². The molecule has 0 heterocycles. The predicted molar refractivity (Wildman–Crippen MR) is 153 cm³/mol. The summed E-state index contributed by atoms with van der Waals surface area (Å²) in [5.74, 6) is 0.652. The summed E-state index contributed by atoms with van der Waals surface area (Å²) in [6, 6.07) is 24.9. The van der Waals surface area contributed by atoms with Crippen LogP contribution in [0.3, 0.4) is 0 Å². The number of nitrogens with one attached hydrogen (secondary N) is 1. The van der Waals surface area contributed by atoms with Gasteiger partial charge in [-0.15, -0.1) is 11.8 Å². The van der Waals surface area contributed by atoms with Gasteiger partial charge in [0.1, 0.15) is 6.04 Å². The Balaban J connectivity index is 1.78. The van der Waals surface area contributed by atoms with E-state index in [9.17, 15) is 9.59 Å². The van der Waals surface area contributed by atoms with Gasteiger partial charge < -0.3 is 10.2 Å². The van der Waals surface area contributed by atoms with E-state index in [1.54, 1.807) is 16.7 Å². The van der Waals surface area contributed by atoms with Gasteiger partial charge in [-0.2, -0.15) is 0 Å². The Morgan fingerprint density at radius 1 is 0.972 bits per heavy atom. The third kappa shape index (κ3) is 9.30. The van der Waals surface area contributed by atoms with Gasteiger partial charge in [0.05, 0.1) is 0 Å². The number of hydrogen-bond donors (Lipinski definition) is 1. The van der Waals surface area contributed by atoms with E-state index in [2.05, 4.69) is 21.2 Å². The van der Waals surface area contributed by atoms with Crippen molar-refractivity contribution >= 4 is 51.1 Å². The Kier molecular flexibility index (Phi) is 11.4. The summed E-state index contributed by atoms with van der Waals surface area (Å²) in [4.78, 5) is 29.9. The minimum Gasteiger partial charge on any atom is -0.352 e. The lowest BCUT2D eigenvalue weighted by atomic mass is 10.0. The second kappa shape index (κ2) is 14.5. The fourth-order valence-electron chi connectivity index (χ4n) is 3.85. The second-order valence-corrected chi connectivity index (χ2v) is 11.4. The number of nitrogens with zero attached hydrogens (tertiary/aromatic N) is 1. The van der Waals surface area contributed by atoms with E-state index in [0.29, 0.717) is 30.8 Å². The first-order chi connectivity index (χ1) is 17.3. The quantitative estimate of drug-likeness (QED) is 0.181. The van der Waals surface area contributed by atoms with Gasteiger partial charge in [0.2, 0.25) is 11.8 Å². The Bertz CT molecular complexity index is 1130. The number of amides is 2. The van der Waals surface area contributed by atoms with Crippen LogP contribution in [0.2, 0.25) is 5.02 Å². The average Bonchev–Trinajstić information content (AvgIpc) is 2.85. The lowest BCUT2D eigenvalue weighted by Gasteiger charge is -2.32. The van der Waals surface area contributed by atoms with Crippen LogP contribution < -0.4 is 5.32 Å². The highest BCUT2D eigenvalue weighted by Gasteiger charge is 2.30. The average molecular weight is 588 g/mol. The van der Waals surface area contributed by atoms with Crippen LogP contribution >= 0.6 is 39.3 Å². The molecule has 3 aromatic carbocycles. The topological polar surface area (TPSA) is 49.4 Å². The number of carbonyl (C=O) groups is 2. The number of rotatable bonds is 12. The molecule has 2 amide bonds. The van der Waals surface area contributed by atoms with Crippen molar-refractivity contribution in [3.8, 4) is 0 Å². The summed E-state index contributed by atoms with van der Waals surface area (Å²) in [5, 5.41) is 3.74. The SMILES string of the molecule is CC(C)NC(=O)C(Cc1ccccc1)N(Cc1cccc(Br)c1)C(=O)CCCSc1ccc(Cl)cc1. The lowest BCUT2D eigenvalue weighted by Crippen LogP contribution is -2.51. The zero-order valence-electron chi connectivity index (χ0n) is 20.6. The van der Waals surface area contributed by atoms with Gasteiger partial charge in [-0.1, -0.05) is 70.0 Å². The first kappa shape index (κ1) is 28.3. The molecular weight excluding hydrogens is 556 g/mol. The van der Waals surface area contributed by atoms with Gasteiger partial charge in [0.15, 0.2) is 0 Å². The van der Waals surface area contributed by atoms with E-state index < -0.39 is 6.04 Å². The molecule has 36 heavy (non-hydrogen) atoms. The highest BCUT2D eigenvalue weighted by molar-refractivity contribution is 9.10. The van der Waals surface area contributed by atoms with Crippen molar-refractivity contribution in [2.45, 2.75) is 56.6 Å². The van der Waals surface area contributed by atoms with Crippen LogP contribution in [0.4, 0.5) is 0 Å². The normalized spacial score (nSPS) is 11.8. The maximum Gasteiger partial charge on any atom is 0.243 e. The molecule has 0 saturated carbocycles. The summed E-state index contributed by atoms with van der Waals surface area (Å²) in [6.07, 6.45) is 1.54. The Morgan fingerprint density at radius 3 is 2.33 bits per heavy atom. The molecule has 3 rings (SSSR count). The van der Waals surface area contributed by atoms with Crippen molar-refractivity contribution < 1.29 is 9.59 Å². The molecule has 0 aliphatic heterocycles. The zero-order valence-corrected chi connectivity index (χ0v) is 23.8. The van der Waals surface area contributed by atoms with E-state index in [4.69, 9.17) is 11.6 Å². The molecule has 0 aromatic heterocycles. The van der Waals surface area contributed by atoms with Crippen molar-refractivity contribution in [3.05, 3.63) is 99.5 Å². The molecule has 190 valence electrons. The molecule has 0 spiro atoms. The maximum atomic E-state index is 13.6. The minimum atomic E-state index is -0.606. The molecule has 0 saturated heterocycles. The van der Waals surface area contributed by atoms with Crippen molar-refractivity contribution in [3.63, 3.8) is 0 Å². The summed E-state index contributed by atoms with van der Waals surface area (Å²) in [5.41, 5.74) is 2.00. The fourth-order valence-corrected chi connectivity index (χ4v) is 5.28. The highest BCUT2D eigenvalue weighted by Crippen LogP contribution is 2.23. The lowest BCUT2D eigenvalue weighted by molar-refractivity contribution is -0.141. The standard InChI is InChI=1S/C29H32BrClN2O2S/c1-21(2)32-29(35)27(19-22-8-4-3-5-9-22)33(20-23-10-6-11-24(30)18-23)28(34)12-7-17-36-26-15-13-25(31)14-16-26/h3-6,8-11,13-16,18,21,27H,7,12,17,19-20H2,1-2H3,(H,32,35). The molecule has 7 heteroatoms. The number of hydrogen-bond acceptors (Lipinski definition) is 3. The van der Waals surface area contributed by atoms with Gasteiger partial charge in [-0.25, -0.2) is 0 Å². The molecule has 1 atom stereocenters. The van der Waals surface area contributed by atoms with Crippen molar-refractivity contribution in [1.29, 1.82) is 0 Å². The van der Waals surface area contributed by atoms with E-state index in [1.165, 1.54) is 0 Å². The third-order valence-corrected chi connectivity index (χ3v) is 7.40. The van der Waals surface area contributed by atoms with Crippen LogP contribution in [0.1, 0.15) is 37.8 Å². The van der Waals surface area contributed by atoms with Gasteiger partial charge in [-0.3, -0.25) is 9.59 Å². The first-order valence-corrected chi connectivity index (χ1v) is 14.2. The van der Waals surface area contributed by atoms with Crippen molar-refractivity contribution in [2.24, 2.45) is 0 Å². The Hall–Kier alpha value is -2.28. The van der Waals surface area contributed by atoms with Crippen LogP contribution in [-0.2, 0) is 22.6 Å². The number of carbonyl (C=O) groups excluding carboxylic acids is 2. The second-order valence-electron chi connectivity index (χ2n) is 8.93. The first-order valence-electron chi connectivity index (χ1n) is 12.1. The molecular formula is C29H32BrClN2O2S. The van der Waals surface area contributed by atoms with Gasteiger partial charge >= 0.3 is 0 Å². The van der Waals surface area contributed by atoms with Crippen LogP contribution in [0.5, 0.6) is 0 Å². The highest BCUT2D eigenvalue weighted by atomic mass is 79.9.